The highest BCUT2D eigenvalue weighted by atomic mass is 15.1. The van der Waals surface area contributed by atoms with Crippen LogP contribution in [0.4, 0.5) is 5.82 Å². The molecular weight excluding hydrogens is 200 g/mol. The van der Waals surface area contributed by atoms with Crippen LogP contribution in [0.25, 0.3) is 11.3 Å². The van der Waals surface area contributed by atoms with E-state index < -0.39 is 0 Å². The predicted molar refractivity (Wildman–Crippen MR) is 64.8 cm³/mol. The van der Waals surface area contributed by atoms with Gasteiger partial charge in [-0.25, -0.2) is 9.97 Å². The van der Waals surface area contributed by atoms with Crippen LogP contribution in [0.5, 0.6) is 0 Å². The molecule has 2 N–H and O–H groups in total. The van der Waals surface area contributed by atoms with E-state index in [1.165, 1.54) is 0 Å². The minimum absolute atomic E-state index is 0.201. The van der Waals surface area contributed by atoms with Crippen molar-refractivity contribution in [3.05, 3.63) is 43.5 Å². The third-order valence-corrected chi connectivity index (χ3v) is 2.52. The number of imidazole rings is 1. The number of nitrogens with zero attached hydrogens (tertiary/aromatic N) is 3. The quantitative estimate of drug-likeness (QED) is 0.797. The first-order valence-corrected chi connectivity index (χ1v) is 5.08. The van der Waals surface area contributed by atoms with Gasteiger partial charge in [0, 0.05) is 11.8 Å². The van der Waals surface area contributed by atoms with E-state index >= 15 is 0 Å². The van der Waals surface area contributed by atoms with E-state index in [9.17, 15) is 0 Å². The number of nitrogen functional groups attached to an aromatic ring is 1. The van der Waals surface area contributed by atoms with Crippen molar-refractivity contribution in [2.75, 3.05) is 5.73 Å². The zero-order valence-corrected chi connectivity index (χ0v) is 9.17. The Labute approximate surface area is 94.5 Å². The monoisotopic (exact) mass is 214 g/mol. The molecule has 0 aliphatic heterocycles. The molecule has 16 heavy (non-hydrogen) atoms. The number of allylic oxidation sites excluding steroid dienone is 1. The summed E-state index contributed by atoms with van der Waals surface area (Å²) >= 11 is 0. The summed E-state index contributed by atoms with van der Waals surface area (Å²) in [4.78, 5) is 8.12. The van der Waals surface area contributed by atoms with Gasteiger partial charge in [0.05, 0.1) is 24.3 Å². The lowest BCUT2D eigenvalue weighted by Crippen LogP contribution is -2.02. The number of hydrogen-bond acceptors (Lipinski definition) is 3. The number of anilines is 1. The topological polar surface area (TPSA) is 56.7 Å². The van der Waals surface area contributed by atoms with E-state index in [2.05, 4.69) is 23.5 Å². The fourth-order valence-electron chi connectivity index (χ4n) is 1.57. The second-order valence-corrected chi connectivity index (χ2v) is 3.63. The Bertz CT molecular complexity index is 501. The van der Waals surface area contributed by atoms with Crippen LogP contribution in [-0.2, 0) is 0 Å². The summed E-state index contributed by atoms with van der Waals surface area (Å²) < 4.78 is 2.04. The Balaban J connectivity index is 2.48. The molecule has 2 rings (SSSR count). The van der Waals surface area contributed by atoms with Crippen molar-refractivity contribution in [1.82, 2.24) is 14.5 Å². The molecule has 0 aliphatic carbocycles. The molecule has 0 saturated heterocycles. The number of nitrogens with two attached hydrogens (primary N) is 1. The van der Waals surface area contributed by atoms with Crippen molar-refractivity contribution in [3.8, 4) is 11.3 Å². The molecule has 0 fully saturated rings. The van der Waals surface area contributed by atoms with Gasteiger partial charge in [0.15, 0.2) is 0 Å². The van der Waals surface area contributed by atoms with E-state index in [0.717, 1.165) is 11.3 Å². The zero-order chi connectivity index (χ0) is 11.5. The third-order valence-electron chi connectivity index (χ3n) is 2.52. The summed E-state index contributed by atoms with van der Waals surface area (Å²) in [5, 5.41) is 0. The van der Waals surface area contributed by atoms with Crippen molar-refractivity contribution in [1.29, 1.82) is 0 Å². The van der Waals surface area contributed by atoms with Crippen molar-refractivity contribution in [2.45, 2.75) is 13.0 Å². The average molecular weight is 214 g/mol. The fourth-order valence-corrected chi connectivity index (χ4v) is 1.57. The van der Waals surface area contributed by atoms with Crippen molar-refractivity contribution in [3.63, 3.8) is 0 Å². The summed E-state index contributed by atoms with van der Waals surface area (Å²) in [6.07, 6.45) is 7.17. The molecule has 1 unspecified atom stereocenters. The van der Waals surface area contributed by atoms with Gasteiger partial charge in [-0.2, -0.15) is 0 Å². The molecule has 82 valence electrons. The van der Waals surface area contributed by atoms with Crippen LogP contribution in [0.2, 0.25) is 0 Å². The Kier molecular flexibility index (Phi) is 2.72. The predicted octanol–water partition coefficient (Wildman–Crippen LogP) is 2.27. The van der Waals surface area contributed by atoms with Gasteiger partial charge < -0.3 is 10.3 Å². The smallest absolute Gasteiger partial charge is 0.123 e. The standard InChI is InChI=1S/C12H14N4/c1-3-9(2)16-8-14-7-11(16)10-4-5-15-12(13)6-10/h3-9H,1H2,2H3,(H2,13,15). The second-order valence-electron chi connectivity index (χ2n) is 3.63. The lowest BCUT2D eigenvalue weighted by Gasteiger charge is -2.12. The van der Waals surface area contributed by atoms with Gasteiger partial charge in [0.1, 0.15) is 5.82 Å². The highest BCUT2D eigenvalue weighted by Crippen LogP contribution is 2.23. The van der Waals surface area contributed by atoms with Gasteiger partial charge in [-0.15, -0.1) is 6.58 Å². The first-order chi connectivity index (χ1) is 7.72. The van der Waals surface area contributed by atoms with E-state index in [1.54, 1.807) is 12.5 Å². The van der Waals surface area contributed by atoms with E-state index in [1.807, 2.05) is 29.0 Å². The van der Waals surface area contributed by atoms with Crippen LogP contribution in [0.15, 0.2) is 43.5 Å². The minimum atomic E-state index is 0.201. The highest BCUT2D eigenvalue weighted by Gasteiger charge is 2.08. The summed E-state index contributed by atoms with van der Waals surface area (Å²) in [5.74, 6) is 0.511. The molecule has 4 heteroatoms. The molecule has 0 saturated carbocycles. The fraction of sp³-hybridized carbons (Fsp3) is 0.167. The van der Waals surface area contributed by atoms with Gasteiger partial charge in [-0.3, -0.25) is 0 Å². The van der Waals surface area contributed by atoms with Gasteiger partial charge in [0.25, 0.3) is 0 Å². The van der Waals surface area contributed by atoms with Crippen molar-refractivity contribution < 1.29 is 0 Å². The molecule has 0 bridgehead atoms. The maximum atomic E-state index is 5.66. The molecule has 0 aliphatic rings. The van der Waals surface area contributed by atoms with Crippen LogP contribution >= 0.6 is 0 Å². The van der Waals surface area contributed by atoms with E-state index in [4.69, 9.17) is 5.73 Å². The van der Waals surface area contributed by atoms with Crippen LogP contribution in [0, 0.1) is 0 Å². The first kappa shape index (κ1) is 10.4. The Morgan fingerprint density at radius 3 is 3.06 bits per heavy atom. The van der Waals surface area contributed by atoms with Crippen molar-refractivity contribution in [2.24, 2.45) is 0 Å². The lowest BCUT2D eigenvalue weighted by molar-refractivity contribution is 0.668. The van der Waals surface area contributed by atoms with Gasteiger partial charge in [-0.05, 0) is 19.1 Å². The maximum absolute atomic E-state index is 5.66. The number of hydrogen-bond donors (Lipinski definition) is 1. The van der Waals surface area contributed by atoms with E-state index in [0.29, 0.717) is 5.82 Å². The molecule has 1 atom stereocenters. The largest absolute Gasteiger partial charge is 0.384 e. The molecule has 2 aromatic heterocycles. The third kappa shape index (κ3) is 1.82. The molecule has 0 spiro atoms. The molecule has 2 aromatic rings. The Morgan fingerprint density at radius 2 is 2.38 bits per heavy atom. The van der Waals surface area contributed by atoms with Crippen molar-refractivity contribution >= 4 is 5.82 Å². The summed E-state index contributed by atoms with van der Waals surface area (Å²) in [6.45, 7) is 5.84. The SMILES string of the molecule is C=CC(C)n1cncc1-c1ccnc(N)c1. The number of rotatable bonds is 3. The lowest BCUT2D eigenvalue weighted by atomic mass is 10.2. The second kappa shape index (κ2) is 4.18. The van der Waals surface area contributed by atoms with Gasteiger partial charge in [0.2, 0.25) is 0 Å². The summed E-state index contributed by atoms with van der Waals surface area (Å²) in [7, 11) is 0. The summed E-state index contributed by atoms with van der Waals surface area (Å²) in [5.41, 5.74) is 7.69. The summed E-state index contributed by atoms with van der Waals surface area (Å²) in [6, 6.07) is 3.95. The Morgan fingerprint density at radius 1 is 1.56 bits per heavy atom. The average Bonchev–Trinajstić information content (AvgIpc) is 2.77. The van der Waals surface area contributed by atoms with Crippen LogP contribution in [0.1, 0.15) is 13.0 Å². The molecule has 0 radical (unpaired) electrons. The molecule has 4 nitrogen and oxygen atoms in total. The molecule has 2 heterocycles. The Hall–Kier alpha value is -2.10. The molecular formula is C12H14N4. The highest BCUT2D eigenvalue weighted by molar-refractivity contribution is 5.61. The first-order valence-electron chi connectivity index (χ1n) is 5.08. The van der Waals surface area contributed by atoms with Crippen LogP contribution < -0.4 is 5.73 Å². The van der Waals surface area contributed by atoms with E-state index in [-0.39, 0.29) is 6.04 Å². The molecule has 0 aromatic carbocycles. The van der Waals surface area contributed by atoms with Crippen LogP contribution in [0.3, 0.4) is 0 Å². The van der Waals surface area contributed by atoms with Crippen LogP contribution in [-0.4, -0.2) is 14.5 Å². The number of pyridine rings is 1. The minimum Gasteiger partial charge on any atom is -0.384 e. The molecule has 0 amide bonds. The zero-order valence-electron chi connectivity index (χ0n) is 9.17. The normalized spacial score (nSPS) is 12.3. The van der Waals surface area contributed by atoms with Gasteiger partial charge >= 0.3 is 0 Å². The number of aromatic nitrogens is 3. The van der Waals surface area contributed by atoms with Gasteiger partial charge in [-0.1, -0.05) is 6.08 Å². The maximum Gasteiger partial charge on any atom is 0.123 e.